The van der Waals surface area contributed by atoms with Crippen LogP contribution in [-0.2, 0) is 4.74 Å². The summed E-state index contributed by atoms with van der Waals surface area (Å²) in [5, 5.41) is 3.27. The van der Waals surface area contributed by atoms with E-state index in [0.29, 0.717) is 25.2 Å². The van der Waals surface area contributed by atoms with E-state index >= 15 is 0 Å². The van der Waals surface area contributed by atoms with Crippen molar-refractivity contribution in [1.29, 1.82) is 0 Å². The predicted octanol–water partition coefficient (Wildman–Crippen LogP) is 1.17. The average molecular weight is 238 g/mol. The number of ketones is 1. The van der Waals surface area contributed by atoms with Crippen LogP contribution in [0.5, 0.6) is 0 Å². The Hall–Kier alpha value is -1.33. The van der Waals surface area contributed by atoms with Gasteiger partial charge in [0.2, 0.25) is 0 Å². The van der Waals surface area contributed by atoms with E-state index in [1.54, 1.807) is 0 Å². The van der Waals surface area contributed by atoms with E-state index in [9.17, 15) is 9.18 Å². The monoisotopic (exact) mass is 238 g/mol. The number of morpholine rings is 1. The van der Waals surface area contributed by atoms with Crippen LogP contribution in [-0.4, -0.2) is 36.1 Å². The summed E-state index contributed by atoms with van der Waals surface area (Å²) in [6, 6.07) is 1.45. The van der Waals surface area contributed by atoms with E-state index < -0.39 is 5.82 Å². The standard InChI is InChI=1S/C12H15FN2O2/c1-8-6-17-7-11(15-8)3-12(16)9-2-10(13)5-14-4-9/h2,4-5,8,11,15H,3,6-7H2,1H3. The van der Waals surface area contributed by atoms with Crippen LogP contribution >= 0.6 is 0 Å². The van der Waals surface area contributed by atoms with E-state index in [-0.39, 0.29) is 17.9 Å². The average Bonchev–Trinajstić information content (AvgIpc) is 2.29. The summed E-state index contributed by atoms with van der Waals surface area (Å²) >= 11 is 0. The molecule has 0 radical (unpaired) electrons. The molecule has 0 bridgehead atoms. The molecule has 4 nitrogen and oxygen atoms in total. The first-order chi connectivity index (χ1) is 8.15. The zero-order valence-electron chi connectivity index (χ0n) is 9.65. The number of pyridine rings is 1. The highest BCUT2D eigenvalue weighted by atomic mass is 19.1. The Morgan fingerprint density at radius 2 is 2.41 bits per heavy atom. The van der Waals surface area contributed by atoms with Crippen LogP contribution in [0.25, 0.3) is 0 Å². The second-order valence-corrected chi connectivity index (χ2v) is 4.32. The maximum Gasteiger partial charge on any atom is 0.166 e. The minimum absolute atomic E-state index is 0.00508. The zero-order chi connectivity index (χ0) is 12.3. The van der Waals surface area contributed by atoms with E-state index in [4.69, 9.17) is 4.74 Å². The number of carbonyl (C=O) groups is 1. The molecule has 17 heavy (non-hydrogen) atoms. The fourth-order valence-electron chi connectivity index (χ4n) is 1.91. The number of aromatic nitrogens is 1. The molecule has 5 heteroatoms. The molecule has 1 aliphatic rings. The van der Waals surface area contributed by atoms with Gasteiger partial charge in [0.15, 0.2) is 5.78 Å². The van der Waals surface area contributed by atoms with E-state index in [1.807, 2.05) is 6.92 Å². The van der Waals surface area contributed by atoms with Gasteiger partial charge in [-0.3, -0.25) is 9.78 Å². The molecule has 1 fully saturated rings. The largest absolute Gasteiger partial charge is 0.378 e. The smallest absolute Gasteiger partial charge is 0.166 e. The third-order valence-electron chi connectivity index (χ3n) is 2.67. The number of nitrogens with one attached hydrogen (secondary N) is 1. The quantitative estimate of drug-likeness (QED) is 0.803. The lowest BCUT2D eigenvalue weighted by Crippen LogP contribution is -2.48. The van der Waals surface area contributed by atoms with Crippen molar-refractivity contribution in [2.24, 2.45) is 0 Å². The number of rotatable bonds is 3. The van der Waals surface area contributed by atoms with Gasteiger partial charge in [0.25, 0.3) is 0 Å². The number of hydrogen-bond donors (Lipinski definition) is 1. The number of Topliss-reactive ketones (excluding diaryl/α,β-unsaturated/α-hetero) is 1. The molecule has 0 aromatic carbocycles. The Morgan fingerprint density at radius 3 is 3.12 bits per heavy atom. The van der Waals surface area contributed by atoms with Crippen molar-refractivity contribution in [2.45, 2.75) is 25.4 Å². The van der Waals surface area contributed by atoms with Crippen LogP contribution < -0.4 is 5.32 Å². The summed E-state index contributed by atoms with van der Waals surface area (Å²) in [4.78, 5) is 15.5. The molecule has 0 amide bonds. The topological polar surface area (TPSA) is 51.2 Å². The molecule has 1 aliphatic heterocycles. The Morgan fingerprint density at radius 1 is 1.59 bits per heavy atom. The van der Waals surface area contributed by atoms with Gasteiger partial charge >= 0.3 is 0 Å². The third-order valence-corrected chi connectivity index (χ3v) is 2.67. The first-order valence-corrected chi connectivity index (χ1v) is 5.62. The normalized spacial score (nSPS) is 24.6. The van der Waals surface area contributed by atoms with Gasteiger partial charge in [-0.1, -0.05) is 0 Å². The Balaban J connectivity index is 1.97. The van der Waals surface area contributed by atoms with Crippen LogP contribution in [0.4, 0.5) is 4.39 Å². The fourth-order valence-corrected chi connectivity index (χ4v) is 1.91. The number of hydrogen-bond acceptors (Lipinski definition) is 4. The number of ether oxygens (including phenoxy) is 1. The van der Waals surface area contributed by atoms with Crippen LogP contribution in [0, 0.1) is 5.82 Å². The second-order valence-electron chi connectivity index (χ2n) is 4.32. The van der Waals surface area contributed by atoms with Crippen LogP contribution in [0.2, 0.25) is 0 Å². The third kappa shape index (κ3) is 3.31. The molecule has 0 spiro atoms. The summed E-state index contributed by atoms with van der Waals surface area (Å²) in [6.45, 7) is 3.17. The first-order valence-electron chi connectivity index (χ1n) is 5.62. The van der Waals surface area contributed by atoms with Crippen LogP contribution in [0.15, 0.2) is 18.5 Å². The lowest BCUT2D eigenvalue weighted by atomic mass is 10.0. The summed E-state index contributed by atoms with van der Waals surface area (Å²) in [5.74, 6) is -0.607. The van der Waals surface area contributed by atoms with E-state index in [1.165, 1.54) is 12.3 Å². The summed E-state index contributed by atoms with van der Waals surface area (Å²) < 4.78 is 18.3. The maximum absolute atomic E-state index is 12.9. The lowest BCUT2D eigenvalue weighted by Gasteiger charge is -2.28. The molecule has 0 aliphatic carbocycles. The van der Waals surface area contributed by atoms with Gasteiger partial charge in [-0.15, -0.1) is 0 Å². The minimum atomic E-state index is -0.489. The SMILES string of the molecule is CC1COCC(CC(=O)c2cncc(F)c2)N1. The van der Waals surface area contributed by atoms with Crippen molar-refractivity contribution in [3.05, 3.63) is 29.8 Å². The summed E-state index contributed by atoms with van der Waals surface area (Å²) in [7, 11) is 0. The Labute approximate surface area is 99.2 Å². The van der Waals surface area contributed by atoms with Gasteiger partial charge in [0.1, 0.15) is 5.82 Å². The van der Waals surface area contributed by atoms with Crippen molar-refractivity contribution in [3.63, 3.8) is 0 Å². The Kier molecular flexibility index (Phi) is 3.81. The zero-order valence-corrected chi connectivity index (χ0v) is 9.65. The van der Waals surface area contributed by atoms with E-state index in [0.717, 1.165) is 6.20 Å². The van der Waals surface area contributed by atoms with Crippen LogP contribution in [0.1, 0.15) is 23.7 Å². The van der Waals surface area contributed by atoms with Gasteiger partial charge in [-0.2, -0.15) is 0 Å². The van der Waals surface area contributed by atoms with Gasteiger partial charge in [0, 0.05) is 30.3 Å². The lowest BCUT2D eigenvalue weighted by molar-refractivity contribution is 0.0463. The molecule has 1 saturated heterocycles. The molecule has 1 aromatic heterocycles. The highest BCUT2D eigenvalue weighted by Crippen LogP contribution is 2.09. The second kappa shape index (κ2) is 5.33. The molecular weight excluding hydrogens is 223 g/mol. The Bertz CT molecular complexity index is 411. The van der Waals surface area contributed by atoms with Gasteiger partial charge < -0.3 is 10.1 Å². The molecule has 0 saturated carbocycles. The number of nitrogens with zero attached hydrogens (tertiary/aromatic N) is 1. The van der Waals surface area contributed by atoms with Crippen molar-refractivity contribution < 1.29 is 13.9 Å². The van der Waals surface area contributed by atoms with Gasteiger partial charge in [0.05, 0.1) is 19.4 Å². The molecule has 2 rings (SSSR count). The molecular formula is C12H15FN2O2. The van der Waals surface area contributed by atoms with E-state index in [2.05, 4.69) is 10.3 Å². The van der Waals surface area contributed by atoms with Crippen LogP contribution in [0.3, 0.4) is 0 Å². The summed E-state index contributed by atoms with van der Waals surface area (Å²) in [5.41, 5.74) is 0.310. The molecule has 1 N–H and O–H groups in total. The molecule has 2 unspecified atom stereocenters. The maximum atomic E-state index is 12.9. The number of carbonyl (C=O) groups excluding carboxylic acids is 1. The molecule has 2 atom stereocenters. The highest BCUT2D eigenvalue weighted by Gasteiger charge is 2.21. The van der Waals surface area contributed by atoms with Crippen molar-refractivity contribution >= 4 is 5.78 Å². The molecule has 92 valence electrons. The first kappa shape index (κ1) is 12.1. The minimum Gasteiger partial charge on any atom is -0.378 e. The van der Waals surface area contributed by atoms with Crippen molar-refractivity contribution in [1.82, 2.24) is 10.3 Å². The van der Waals surface area contributed by atoms with Crippen molar-refractivity contribution in [3.8, 4) is 0 Å². The molecule has 1 aromatic rings. The highest BCUT2D eigenvalue weighted by molar-refractivity contribution is 5.96. The predicted molar refractivity (Wildman–Crippen MR) is 60.3 cm³/mol. The van der Waals surface area contributed by atoms with Crippen molar-refractivity contribution in [2.75, 3.05) is 13.2 Å². The fraction of sp³-hybridized carbons (Fsp3) is 0.500. The number of halogens is 1. The van der Waals surface area contributed by atoms with Gasteiger partial charge in [-0.25, -0.2) is 4.39 Å². The van der Waals surface area contributed by atoms with Gasteiger partial charge in [-0.05, 0) is 13.0 Å². The summed E-state index contributed by atoms with van der Waals surface area (Å²) in [6.07, 6.45) is 2.77. The molecule has 2 heterocycles.